The fraction of sp³-hybridized carbons (Fsp3) is 0.364. The van der Waals surface area contributed by atoms with Gasteiger partial charge in [0.25, 0.3) is 0 Å². The molecule has 19 heavy (non-hydrogen) atoms. The number of anilines is 1. The largest absolute Gasteiger partial charge is 0.397 e. The summed E-state index contributed by atoms with van der Waals surface area (Å²) in [6.45, 7) is 1.95. The molecule has 0 spiro atoms. The van der Waals surface area contributed by atoms with Crippen LogP contribution in [0.4, 0.5) is 5.69 Å². The molecule has 1 aromatic rings. The highest BCUT2D eigenvalue weighted by Crippen LogP contribution is 2.23. The Hall–Kier alpha value is -1.31. The first-order valence-electron chi connectivity index (χ1n) is 5.57. The van der Waals surface area contributed by atoms with Crippen molar-refractivity contribution >= 4 is 33.2 Å². The quantitative estimate of drug-likeness (QED) is 0.782. The number of nitrogens with two attached hydrogens (primary N) is 1. The zero-order valence-corrected chi connectivity index (χ0v) is 12.3. The highest BCUT2D eigenvalue weighted by molar-refractivity contribution is 7.89. The van der Waals surface area contributed by atoms with Gasteiger partial charge in [-0.15, -0.1) is 0 Å². The smallest absolute Gasteiger partial charge is 0.243 e. The summed E-state index contributed by atoms with van der Waals surface area (Å²) in [6, 6.07) is 4.03. The second-order valence-corrected chi connectivity index (χ2v) is 6.35. The Bertz CT molecular complexity index is 575. The third kappa shape index (κ3) is 3.82. The molecule has 0 bridgehead atoms. The summed E-state index contributed by atoms with van der Waals surface area (Å²) in [5.41, 5.74) is 5.75. The van der Waals surface area contributed by atoms with Crippen LogP contribution in [0.25, 0.3) is 0 Å². The van der Waals surface area contributed by atoms with E-state index < -0.39 is 10.0 Å². The van der Waals surface area contributed by atoms with E-state index in [4.69, 9.17) is 17.3 Å². The fourth-order valence-corrected chi connectivity index (χ4v) is 2.68. The van der Waals surface area contributed by atoms with Crippen molar-refractivity contribution in [2.75, 3.05) is 25.9 Å². The summed E-state index contributed by atoms with van der Waals surface area (Å²) in [5.74, 6) is -0.365. The summed E-state index contributed by atoms with van der Waals surface area (Å²) in [4.78, 5) is 11.4. The molecular formula is C11H16ClN3O3S. The zero-order valence-electron chi connectivity index (χ0n) is 10.7. The molecule has 3 N–H and O–H groups in total. The van der Waals surface area contributed by atoms with E-state index in [1.807, 2.05) is 0 Å². The van der Waals surface area contributed by atoms with Crippen molar-refractivity contribution in [3.8, 4) is 0 Å². The standard InChI is InChI=1S/C11H16ClN3O3S/c1-3-14-11(16)7-15(2)19(17,18)8-4-5-9(12)10(13)6-8/h4-6H,3,7,13H2,1-2H3,(H,14,16). The lowest BCUT2D eigenvalue weighted by atomic mass is 10.3. The Balaban J connectivity index is 2.96. The van der Waals surface area contributed by atoms with Crippen LogP contribution in [-0.4, -0.2) is 38.8 Å². The van der Waals surface area contributed by atoms with Crippen LogP contribution in [0.15, 0.2) is 23.1 Å². The van der Waals surface area contributed by atoms with Crippen LogP contribution in [0.5, 0.6) is 0 Å². The number of nitrogens with zero attached hydrogens (tertiary/aromatic N) is 1. The number of rotatable bonds is 5. The van der Waals surface area contributed by atoms with Crippen LogP contribution in [0, 0.1) is 0 Å². The van der Waals surface area contributed by atoms with Gasteiger partial charge in [-0.05, 0) is 25.1 Å². The van der Waals surface area contributed by atoms with Crippen LogP contribution >= 0.6 is 11.6 Å². The lowest BCUT2D eigenvalue weighted by Gasteiger charge is -2.17. The second kappa shape index (κ2) is 6.23. The molecule has 1 rings (SSSR count). The number of nitrogens with one attached hydrogen (secondary N) is 1. The van der Waals surface area contributed by atoms with Crippen molar-refractivity contribution in [1.82, 2.24) is 9.62 Å². The van der Waals surface area contributed by atoms with Crippen LogP contribution in [-0.2, 0) is 14.8 Å². The molecule has 106 valence electrons. The van der Waals surface area contributed by atoms with Gasteiger partial charge in [0.15, 0.2) is 0 Å². The predicted molar refractivity (Wildman–Crippen MR) is 74.4 cm³/mol. The monoisotopic (exact) mass is 305 g/mol. The van der Waals surface area contributed by atoms with E-state index in [0.29, 0.717) is 6.54 Å². The predicted octanol–water partition coefficient (Wildman–Crippen LogP) is 0.679. The number of hydrogen-bond donors (Lipinski definition) is 2. The maximum atomic E-state index is 12.2. The lowest BCUT2D eigenvalue weighted by Crippen LogP contribution is -2.38. The Morgan fingerprint density at radius 3 is 2.63 bits per heavy atom. The molecule has 0 aliphatic carbocycles. The minimum atomic E-state index is -3.76. The number of likely N-dealkylation sites (N-methyl/N-ethyl adjacent to an activating group) is 2. The summed E-state index contributed by atoms with van der Waals surface area (Å²) in [5, 5.41) is 2.81. The van der Waals surface area contributed by atoms with E-state index in [0.717, 1.165) is 4.31 Å². The van der Waals surface area contributed by atoms with Gasteiger partial charge in [-0.1, -0.05) is 11.6 Å². The van der Waals surface area contributed by atoms with Crippen molar-refractivity contribution < 1.29 is 13.2 Å². The van der Waals surface area contributed by atoms with Gasteiger partial charge in [0.2, 0.25) is 15.9 Å². The van der Waals surface area contributed by atoms with Gasteiger partial charge in [-0.25, -0.2) is 8.42 Å². The number of carbonyl (C=O) groups is 1. The zero-order chi connectivity index (χ0) is 14.6. The molecule has 0 radical (unpaired) electrons. The average molecular weight is 306 g/mol. The minimum Gasteiger partial charge on any atom is -0.397 e. The third-order valence-corrected chi connectivity index (χ3v) is 4.56. The Labute approximate surface area is 117 Å². The van der Waals surface area contributed by atoms with Crippen LogP contribution < -0.4 is 11.1 Å². The van der Waals surface area contributed by atoms with Crippen molar-refractivity contribution in [2.45, 2.75) is 11.8 Å². The van der Waals surface area contributed by atoms with Gasteiger partial charge in [0, 0.05) is 13.6 Å². The normalized spacial score (nSPS) is 11.6. The molecule has 0 unspecified atom stereocenters. The number of sulfonamides is 1. The van der Waals surface area contributed by atoms with Crippen molar-refractivity contribution in [2.24, 2.45) is 0 Å². The maximum absolute atomic E-state index is 12.2. The van der Waals surface area contributed by atoms with Gasteiger partial charge >= 0.3 is 0 Å². The van der Waals surface area contributed by atoms with Gasteiger partial charge in [-0.3, -0.25) is 4.79 Å². The SMILES string of the molecule is CCNC(=O)CN(C)S(=O)(=O)c1ccc(Cl)c(N)c1. The summed E-state index contributed by atoms with van der Waals surface area (Å²) < 4.78 is 25.3. The number of carbonyl (C=O) groups excluding carboxylic acids is 1. The average Bonchev–Trinajstić information content (AvgIpc) is 2.32. The van der Waals surface area contributed by atoms with E-state index in [2.05, 4.69) is 5.32 Å². The van der Waals surface area contributed by atoms with Crippen LogP contribution in [0.3, 0.4) is 0 Å². The molecular weight excluding hydrogens is 290 g/mol. The number of hydrogen-bond acceptors (Lipinski definition) is 4. The highest BCUT2D eigenvalue weighted by Gasteiger charge is 2.23. The molecule has 0 fully saturated rings. The summed E-state index contributed by atoms with van der Waals surface area (Å²) in [6.07, 6.45) is 0. The molecule has 0 saturated heterocycles. The third-order valence-electron chi connectivity index (χ3n) is 2.42. The van der Waals surface area contributed by atoms with Crippen molar-refractivity contribution in [3.05, 3.63) is 23.2 Å². The Kier molecular flexibility index (Phi) is 5.16. The first kappa shape index (κ1) is 15.7. The van der Waals surface area contributed by atoms with E-state index in [1.165, 1.54) is 25.2 Å². The van der Waals surface area contributed by atoms with E-state index >= 15 is 0 Å². The highest BCUT2D eigenvalue weighted by atomic mass is 35.5. The van der Waals surface area contributed by atoms with E-state index in [-0.39, 0.29) is 28.1 Å². The number of nitrogen functional groups attached to an aromatic ring is 1. The molecule has 8 heteroatoms. The topological polar surface area (TPSA) is 92.5 Å². The molecule has 0 atom stereocenters. The van der Waals surface area contributed by atoms with Gasteiger partial charge in [-0.2, -0.15) is 4.31 Å². The molecule has 0 heterocycles. The first-order valence-corrected chi connectivity index (χ1v) is 7.39. The minimum absolute atomic E-state index is 0.00111. The van der Waals surface area contributed by atoms with Crippen LogP contribution in [0.2, 0.25) is 5.02 Å². The molecule has 0 saturated carbocycles. The summed E-state index contributed by atoms with van der Waals surface area (Å²) >= 11 is 5.74. The van der Waals surface area contributed by atoms with Gasteiger partial charge in [0.05, 0.1) is 22.2 Å². The Morgan fingerprint density at radius 1 is 1.47 bits per heavy atom. The summed E-state index contributed by atoms with van der Waals surface area (Å²) in [7, 11) is -2.43. The molecule has 1 amide bonds. The molecule has 0 aliphatic rings. The Morgan fingerprint density at radius 2 is 2.11 bits per heavy atom. The van der Waals surface area contributed by atoms with E-state index in [1.54, 1.807) is 6.92 Å². The number of benzene rings is 1. The van der Waals surface area contributed by atoms with Gasteiger partial charge < -0.3 is 11.1 Å². The van der Waals surface area contributed by atoms with Crippen molar-refractivity contribution in [1.29, 1.82) is 0 Å². The fourth-order valence-electron chi connectivity index (χ4n) is 1.40. The van der Waals surface area contributed by atoms with E-state index in [9.17, 15) is 13.2 Å². The van der Waals surface area contributed by atoms with Gasteiger partial charge in [0.1, 0.15) is 0 Å². The maximum Gasteiger partial charge on any atom is 0.243 e. The van der Waals surface area contributed by atoms with Crippen LogP contribution in [0.1, 0.15) is 6.92 Å². The molecule has 1 aromatic carbocycles. The molecule has 0 aromatic heterocycles. The second-order valence-electron chi connectivity index (χ2n) is 3.90. The lowest BCUT2D eigenvalue weighted by molar-refractivity contribution is -0.121. The molecule has 0 aliphatic heterocycles. The molecule has 6 nitrogen and oxygen atoms in total. The first-order chi connectivity index (χ1) is 8.78. The number of halogens is 1. The van der Waals surface area contributed by atoms with Crippen molar-refractivity contribution in [3.63, 3.8) is 0 Å². The number of amides is 1.